The van der Waals surface area contributed by atoms with E-state index in [-0.39, 0.29) is 25.1 Å². The Labute approximate surface area is 190 Å². The summed E-state index contributed by atoms with van der Waals surface area (Å²) in [5.41, 5.74) is 0. The van der Waals surface area contributed by atoms with Gasteiger partial charge in [-0.05, 0) is 44.9 Å². The second kappa shape index (κ2) is 22.9. The van der Waals surface area contributed by atoms with Crippen LogP contribution in [0.4, 0.5) is 4.79 Å². The average molecular weight is 439 g/mol. The molecule has 0 fully saturated rings. The van der Waals surface area contributed by atoms with Crippen molar-refractivity contribution in [2.24, 2.45) is 5.92 Å². The van der Waals surface area contributed by atoms with Gasteiger partial charge in [0, 0.05) is 12.3 Å². The second-order valence-electron chi connectivity index (χ2n) is 8.18. The average Bonchev–Trinajstić information content (AvgIpc) is 2.77. The summed E-state index contributed by atoms with van der Waals surface area (Å²) in [6.07, 6.45) is 22.4. The van der Waals surface area contributed by atoms with E-state index in [0.717, 1.165) is 38.5 Å². The molecule has 0 aliphatic rings. The van der Waals surface area contributed by atoms with Gasteiger partial charge in [-0.1, -0.05) is 77.2 Å². The molecule has 0 radical (unpaired) electrons. The number of carbonyl (C=O) groups is 2. The number of hydrogen-bond donors (Lipinski definition) is 0. The van der Waals surface area contributed by atoms with Gasteiger partial charge in [0.2, 0.25) is 0 Å². The molecular weight excluding hydrogens is 392 g/mol. The summed E-state index contributed by atoms with van der Waals surface area (Å²) < 4.78 is 15.0. The normalized spacial score (nSPS) is 12.4. The van der Waals surface area contributed by atoms with E-state index >= 15 is 0 Å². The monoisotopic (exact) mass is 438 g/mol. The first-order valence-corrected chi connectivity index (χ1v) is 12.3. The predicted molar refractivity (Wildman–Crippen MR) is 127 cm³/mol. The Bertz CT molecular complexity index is 484. The number of hydrogen-bond acceptors (Lipinski definition) is 5. The molecule has 0 heterocycles. The SMILES string of the molecule is CCCCC/C=C\C/C=C\CCCCCCCC(=O)OCC(C)COC(=O)OCCC. The van der Waals surface area contributed by atoms with Crippen molar-refractivity contribution in [2.45, 2.75) is 104 Å². The Morgan fingerprint density at radius 3 is 2.00 bits per heavy atom. The van der Waals surface area contributed by atoms with Crippen LogP contribution in [0.3, 0.4) is 0 Å². The lowest BCUT2D eigenvalue weighted by Crippen LogP contribution is -2.19. The van der Waals surface area contributed by atoms with Crippen molar-refractivity contribution < 1.29 is 23.8 Å². The molecule has 1 atom stereocenters. The van der Waals surface area contributed by atoms with Crippen molar-refractivity contribution in [3.63, 3.8) is 0 Å². The molecule has 0 saturated heterocycles. The van der Waals surface area contributed by atoms with Crippen LogP contribution in [0.25, 0.3) is 0 Å². The van der Waals surface area contributed by atoms with E-state index in [1.807, 2.05) is 13.8 Å². The molecule has 0 aromatic rings. The number of ether oxygens (including phenoxy) is 3. The first-order valence-electron chi connectivity index (χ1n) is 12.3. The van der Waals surface area contributed by atoms with Crippen LogP contribution in [0.15, 0.2) is 24.3 Å². The highest BCUT2D eigenvalue weighted by Crippen LogP contribution is 2.09. The third-order valence-corrected chi connectivity index (χ3v) is 4.77. The molecule has 0 rings (SSSR count). The van der Waals surface area contributed by atoms with E-state index in [2.05, 4.69) is 31.2 Å². The minimum Gasteiger partial charge on any atom is -0.465 e. The van der Waals surface area contributed by atoms with Crippen molar-refractivity contribution in [1.82, 2.24) is 0 Å². The largest absolute Gasteiger partial charge is 0.508 e. The van der Waals surface area contributed by atoms with Gasteiger partial charge in [-0.2, -0.15) is 0 Å². The van der Waals surface area contributed by atoms with Gasteiger partial charge in [0.25, 0.3) is 0 Å². The van der Waals surface area contributed by atoms with Crippen molar-refractivity contribution in [1.29, 1.82) is 0 Å². The van der Waals surface area contributed by atoms with Gasteiger partial charge in [-0.25, -0.2) is 4.79 Å². The number of allylic oxidation sites excluding steroid dienone is 4. The van der Waals surface area contributed by atoms with Crippen LogP contribution in [0, 0.1) is 5.92 Å². The maximum absolute atomic E-state index is 11.8. The molecular formula is C26H46O5. The Morgan fingerprint density at radius 1 is 0.710 bits per heavy atom. The van der Waals surface area contributed by atoms with Gasteiger partial charge in [0.05, 0.1) is 13.2 Å². The summed E-state index contributed by atoms with van der Waals surface area (Å²) in [6, 6.07) is 0. The molecule has 0 N–H and O–H groups in total. The molecule has 180 valence electrons. The van der Waals surface area contributed by atoms with Crippen LogP contribution in [0.2, 0.25) is 0 Å². The standard InChI is InChI=1S/C26H46O5/c1-4-6-7-8-9-10-11-12-13-14-15-16-17-18-19-20-25(27)30-22-24(3)23-31-26(28)29-21-5-2/h9-10,12-13,24H,4-8,11,14-23H2,1-3H3/b10-9-,13-12-. The van der Waals surface area contributed by atoms with Crippen molar-refractivity contribution in [3.8, 4) is 0 Å². The maximum atomic E-state index is 11.8. The van der Waals surface area contributed by atoms with Gasteiger partial charge in [0.15, 0.2) is 0 Å². The van der Waals surface area contributed by atoms with E-state index in [1.54, 1.807) is 0 Å². The molecule has 0 spiro atoms. The summed E-state index contributed by atoms with van der Waals surface area (Å²) in [7, 11) is 0. The van der Waals surface area contributed by atoms with Crippen LogP contribution in [-0.2, 0) is 19.0 Å². The lowest BCUT2D eigenvalue weighted by Gasteiger charge is -2.12. The zero-order valence-electron chi connectivity index (χ0n) is 20.2. The van der Waals surface area contributed by atoms with Crippen molar-refractivity contribution >= 4 is 12.1 Å². The zero-order chi connectivity index (χ0) is 23.0. The zero-order valence-corrected chi connectivity index (χ0v) is 20.2. The van der Waals surface area contributed by atoms with Crippen LogP contribution in [0.1, 0.15) is 104 Å². The molecule has 5 heteroatoms. The summed E-state index contributed by atoms with van der Waals surface area (Å²) >= 11 is 0. The Kier molecular flexibility index (Phi) is 21.6. The molecule has 0 saturated carbocycles. The molecule has 0 bridgehead atoms. The fourth-order valence-corrected chi connectivity index (χ4v) is 2.87. The van der Waals surface area contributed by atoms with Crippen LogP contribution < -0.4 is 0 Å². The van der Waals surface area contributed by atoms with E-state index in [9.17, 15) is 9.59 Å². The Hall–Kier alpha value is -1.78. The van der Waals surface area contributed by atoms with Gasteiger partial charge >= 0.3 is 12.1 Å². The molecule has 1 unspecified atom stereocenters. The predicted octanol–water partition coefficient (Wildman–Crippen LogP) is 7.54. The van der Waals surface area contributed by atoms with E-state index in [0.29, 0.717) is 13.0 Å². The van der Waals surface area contributed by atoms with Crippen LogP contribution in [0.5, 0.6) is 0 Å². The quantitative estimate of drug-likeness (QED) is 0.112. The molecule has 0 aromatic carbocycles. The summed E-state index contributed by atoms with van der Waals surface area (Å²) in [5, 5.41) is 0. The second-order valence-corrected chi connectivity index (χ2v) is 8.18. The van der Waals surface area contributed by atoms with Crippen molar-refractivity contribution in [2.75, 3.05) is 19.8 Å². The van der Waals surface area contributed by atoms with Crippen LogP contribution in [-0.4, -0.2) is 31.9 Å². The fraction of sp³-hybridized carbons (Fsp3) is 0.769. The highest BCUT2D eigenvalue weighted by molar-refractivity contribution is 5.69. The molecule has 31 heavy (non-hydrogen) atoms. The first-order chi connectivity index (χ1) is 15.1. The highest BCUT2D eigenvalue weighted by Gasteiger charge is 2.11. The van der Waals surface area contributed by atoms with Gasteiger partial charge in [-0.3, -0.25) is 4.79 Å². The van der Waals surface area contributed by atoms with Gasteiger partial charge in [-0.15, -0.1) is 0 Å². The molecule has 0 aromatic heterocycles. The minimum absolute atomic E-state index is 0.0391. The fourth-order valence-electron chi connectivity index (χ4n) is 2.87. The molecule has 0 aliphatic heterocycles. The smallest absolute Gasteiger partial charge is 0.465 e. The van der Waals surface area contributed by atoms with Crippen molar-refractivity contribution in [3.05, 3.63) is 24.3 Å². The lowest BCUT2D eigenvalue weighted by molar-refractivity contribution is -0.145. The molecule has 0 amide bonds. The van der Waals surface area contributed by atoms with Gasteiger partial charge < -0.3 is 14.2 Å². The number of unbranched alkanes of at least 4 members (excludes halogenated alkanes) is 8. The first kappa shape index (κ1) is 29.2. The lowest BCUT2D eigenvalue weighted by atomic mass is 10.1. The Balaban J connectivity index is 3.45. The Morgan fingerprint density at radius 2 is 1.32 bits per heavy atom. The topological polar surface area (TPSA) is 61.8 Å². The van der Waals surface area contributed by atoms with Crippen LogP contribution >= 0.6 is 0 Å². The number of esters is 1. The van der Waals surface area contributed by atoms with E-state index < -0.39 is 6.16 Å². The molecule has 0 aliphatic carbocycles. The highest BCUT2D eigenvalue weighted by atomic mass is 16.7. The minimum atomic E-state index is -0.662. The van der Waals surface area contributed by atoms with Gasteiger partial charge in [0.1, 0.15) is 6.61 Å². The summed E-state index contributed by atoms with van der Waals surface area (Å²) in [5.74, 6) is -0.214. The third-order valence-electron chi connectivity index (χ3n) is 4.77. The molecule has 5 nitrogen and oxygen atoms in total. The number of carbonyl (C=O) groups excluding carboxylic acids is 2. The maximum Gasteiger partial charge on any atom is 0.508 e. The van der Waals surface area contributed by atoms with E-state index in [4.69, 9.17) is 14.2 Å². The third kappa shape index (κ3) is 22.7. The summed E-state index contributed by atoms with van der Waals surface area (Å²) in [4.78, 5) is 23.0. The summed E-state index contributed by atoms with van der Waals surface area (Å²) in [6.45, 7) is 6.84. The van der Waals surface area contributed by atoms with E-state index in [1.165, 1.54) is 38.5 Å². The number of rotatable bonds is 20.